The van der Waals surface area contributed by atoms with Crippen LogP contribution in [0.1, 0.15) is 31.1 Å². The van der Waals surface area contributed by atoms with E-state index < -0.39 is 5.54 Å². The maximum absolute atomic E-state index is 12.5. The van der Waals surface area contributed by atoms with E-state index in [-0.39, 0.29) is 18.2 Å². The standard InChI is InChI=1S/C20H22N2O3/c1-20(19(24)21-15-17-10-6-14-25-17)12-13-22(20)18(23)11-5-9-16-7-3-2-4-8-16/h2-10,14H,11-13,15H2,1H3,(H,21,24)/b9-5+. The minimum Gasteiger partial charge on any atom is -0.467 e. The first-order valence-corrected chi connectivity index (χ1v) is 8.42. The first kappa shape index (κ1) is 17.0. The lowest BCUT2D eigenvalue weighted by Crippen LogP contribution is -2.67. The summed E-state index contributed by atoms with van der Waals surface area (Å²) >= 11 is 0. The first-order valence-electron chi connectivity index (χ1n) is 8.42. The van der Waals surface area contributed by atoms with Crippen LogP contribution in [0.4, 0.5) is 0 Å². The van der Waals surface area contributed by atoms with Gasteiger partial charge in [-0.25, -0.2) is 0 Å². The van der Waals surface area contributed by atoms with Crippen molar-refractivity contribution in [2.45, 2.75) is 31.8 Å². The third kappa shape index (κ3) is 3.82. The molecule has 5 nitrogen and oxygen atoms in total. The molecule has 3 rings (SSSR count). The lowest BCUT2D eigenvalue weighted by atomic mass is 9.85. The fourth-order valence-electron chi connectivity index (χ4n) is 2.94. The Morgan fingerprint density at radius 3 is 2.68 bits per heavy atom. The lowest BCUT2D eigenvalue weighted by Gasteiger charge is -2.49. The van der Waals surface area contributed by atoms with Crippen LogP contribution < -0.4 is 5.32 Å². The number of rotatable bonds is 6. The summed E-state index contributed by atoms with van der Waals surface area (Å²) < 4.78 is 5.21. The molecule has 130 valence electrons. The SMILES string of the molecule is CC1(C(=O)NCc2ccco2)CCN1C(=O)C/C=C/c1ccccc1. The van der Waals surface area contributed by atoms with Crippen molar-refractivity contribution in [3.8, 4) is 0 Å². The summed E-state index contributed by atoms with van der Waals surface area (Å²) in [6.07, 6.45) is 6.30. The number of likely N-dealkylation sites (tertiary alicyclic amines) is 1. The molecule has 1 aromatic heterocycles. The van der Waals surface area contributed by atoms with Crippen LogP contribution in [0, 0.1) is 0 Å². The molecule has 2 amide bonds. The van der Waals surface area contributed by atoms with Gasteiger partial charge in [-0.2, -0.15) is 0 Å². The van der Waals surface area contributed by atoms with Gasteiger partial charge in [-0.3, -0.25) is 9.59 Å². The lowest BCUT2D eigenvalue weighted by molar-refractivity contribution is -0.157. The second-order valence-electron chi connectivity index (χ2n) is 6.35. The van der Waals surface area contributed by atoms with Gasteiger partial charge < -0.3 is 14.6 Å². The van der Waals surface area contributed by atoms with Crippen molar-refractivity contribution in [1.29, 1.82) is 0 Å². The maximum Gasteiger partial charge on any atom is 0.246 e. The Labute approximate surface area is 147 Å². The van der Waals surface area contributed by atoms with Gasteiger partial charge in [0.15, 0.2) is 0 Å². The van der Waals surface area contributed by atoms with Crippen LogP contribution in [0.15, 0.2) is 59.2 Å². The summed E-state index contributed by atoms with van der Waals surface area (Å²) in [5, 5.41) is 2.85. The molecule has 1 aromatic carbocycles. The molecule has 0 radical (unpaired) electrons. The Balaban J connectivity index is 1.53. The van der Waals surface area contributed by atoms with Gasteiger partial charge in [0.05, 0.1) is 12.8 Å². The third-order valence-corrected chi connectivity index (χ3v) is 4.61. The highest BCUT2D eigenvalue weighted by molar-refractivity contribution is 5.93. The van der Waals surface area contributed by atoms with Crippen LogP contribution in [0.5, 0.6) is 0 Å². The van der Waals surface area contributed by atoms with E-state index in [1.165, 1.54) is 0 Å². The molecular weight excluding hydrogens is 316 g/mol. The van der Waals surface area contributed by atoms with E-state index in [1.807, 2.05) is 49.4 Å². The molecule has 1 aliphatic heterocycles. The van der Waals surface area contributed by atoms with Gasteiger partial charge in [-0.1, -0.05) is 42.5 Å². The predicted octanol–water partition coefficient (Wildman–Crippen LogP) is 2.99. The minimum atomic E-state index is -0.774. The van der Waals surface area contributed by atoms with E-state index in [1.54, 1.807) is 23.3 Å². The number of carbonyl (C=O) groups is 2. The Kier molecular flexibility index (Phi) is 5.03. The minimum absolute atomic E-state index is 0.0333. The van der Waals surface area contributed by atoms with Gasteiger partial charge in [0.2, 0.25) is 11.8 Å². The van der Waals surface area contributed by atoms with Gasteiger partial charge in [-0.05, 0) is 31.0 Å². The van der Waals surface area contributed by atoms with Crippen LogP contribution in [0.3, 0.4) is 0 Å². The quantitative estimate of drug-likeness (QED) is 0.881. The summed E-state index contributed by atoms with van der Waals surface area (Å²) in [5.41, 5.74) is 0.280. The van der Waals surface area contributed by atoms with E-state index in [9.17, 15) is 9.59 Å². The molecule has 1 fully saturated rings. The van der Waals surface area contributed by atoms with Gasteiger partial charge in [0.25, 0.3) is 0 Å². The number of nitrogens with zero attached hydrogens (tertiary/aromatic N) is 1. The zero-order chi connectivity index (χ0) is 17.7. The average molecular weight is 338 g/mol. The summed E-state index contributed by atoms with van der Waals surface area (Å²) in [4.78, 5) is 26.6. The van der Waals surface area contributed by atoms with Crippen LogP contribution in [-0.4, -0.2) is 28.8 Å². The van der Waals surface area contributed by atoms with Crippen LogP contribution in [0.25, 0.3) is 6.08 Å². The second-order valence-corrected chi connectivity index (χ2v) is 6.35. The zero-order valence-corrected chi connectivity index (χ0v) is 14.3. The van der Waals surface area contributed by atoms with Crippen LogP contribution in [0.2, 0.25) is 0 Å². The average Bonchev–Trinajstić information content (AvgIpc) is 3.12. The highest BCUT2D eigenvalue weighted by atomic mass is 16.3. The monoisotopic (exact) mass is 338 g/mol. The third-order valence-electron chi connectivity index (χ3n) is 4.61. The number of hydrogen-bond donors (Lipinski definition) is 1. The summed E-state index contributed by atoms with van der Waals surface area (Å²) in [7, 11) is 0. The summed E-state index contributed by atoms with van der Waals surface area (Å²) in [6, 6.07) is 13.4. The van der Waals surface area contributed by atoms with Crippen LogP contribution >= 0.6 is 0 Å². The molecule has 1 aliphatic rings. The zero-order valence-electron chi connectivity index (χ0n) is 14.3. The number of furan rings is 1. The normalized spacial score (nSPS) is 19.6. The number of nitrogens with one attached hydrogen (secondary N) is 1. The van der Waals surface area contributed by atoms with Crippen molar-refractivity contribution in [2.75, 3.05) is 6.54 Å². The van der Waals surface area contributed by atoms with E-state index in [0.29, 0.717) is 25.3 Å². The summed E-state index contributed by atoms with van der Waals surface area (Å²) in [6.45, 7) is 2.76. The van der Waals surface area contributed by atoms with Crippen molar-refractivity contribution < 1.29 is 14.0 Å². The number of hydrogen-bond acceptors (Lipinski definition) is 3. The van der Waals surface area contributed by atoms with Gasteiger partial charge >= 0.3 is 0 Å². The Hall–Kier alpha value is -2.82. The molecule has 2 aromatic rings. The van der Waals surface area contributed by atoms with Gasteiger partial charge in [0.1, 0.15) is 11.3 Å². The van der Waals surface area contributed by atoms with Gasteiger partial charge in [0, 0.05) is 13.0 Å². The molecule has 1 atom stereocenters. The molecule has 1 unspecified atom stereocenters. The van der Waals surface area contributed by atoms with Crippen molar-refractivity contribution in [3.05, 3.63) is 66.1 Å². The Morgan fingerprint density at radius 2 is 2.04 bits per heavy atom. The van der Waals surface area contributed by atoms with E-state index in [2.05, 4.69) is 5.32 Å². The van der Waals surface area contributed by atoms with Crippen molar-refractivity contribution in [1.82, 2.24) is 10.2 Å². The molecule has 25 heavy (non-hydrogen) atoms. The molecular formula is C20H22N2O3. The Bertz CT molecular complexity index is 753. The second kappa shape index (κ2) is 7.38. The smallest absolute Gasteiger partial charge is 0.246 e. The highest BCUT2D eigenvalue weighted by Crippen LogP contribution is 2.31. The molecule has 0 aliphatic carbocycles. The predicted molar refractivity (Wildman–Crippen MR) is 95.4 cm³/mol. The molecule has 2 heterocycles. The highest BCUT2D eigenvalue weighted by Gasteiger charge is 2.48. The van der Waals surface area contributed by atoms with E-state index in [4.69, 9.17) is 4.42 Å². The molecule has 1 N–H and O–H groups in total. The van der Waals surface area contributed by atoms with Gasteiger partial charge in [-0.15, -0.1) is 0 Å². The molecule has 0 saturated carbocycles. The maximum atomic E-state index is 12.5. The Morgan fingerprint density at radius 1 is 1.24 bits per heavy atom. The number of carbonyl (C=O) groups excluding carboxylic acids is 2. The fraction of sp³-hybridized carbons (Fsp3) is 0.300. The largest absolute Gasteiger partial charge is 0.467 e. The van der Waals surface area contributed by atoms with E-state index in [0.717, 1.165) is 5.56 Å². The number of benzene rings is 1. The van der Waals surface area contributed by atoms with E-state index >= 15 is 0 Å². The number of amides is 2. The van der Waals surface area contributed by atoms with Crippen molar-refractivity contribution in [3.63, 3.8) is 0 Å². The molecule has 1 saturated heterocycles. The van der Waals surface area contributed by atoms with Crippen molar-refractivity contribution >= 4 is 17.9 Å². The fourth-order valence-corrected chi connectivity index (χ4v) is 2.94. The summed E-state index contributed by atoms with van der Waals surface area (Å²) in [5.74, 6) is 0.518. The van der Waals surface area contributed by atoms with Crippen molar-refractivity contribution in [2.24, 2.45) is 0 Å². The van der Waals surface area contributed by atoms with Crippen LogP contribution in [-0.2, 0) is 16.1 Å². The first-order chi connectivity index (χ1) is 12.1. The molecule has 0 spiro atoms. The molecule has 5 heteroatoms. The molecule has 0 bridgehead atoms. The topological polar surface area (TPSA) is 62.6 Å².